The normalized spacial score (nSPS) is 10.8. The van der Waals surface area contributed by atoms with Crippen LogP contribution in [0.1, 0.15) is 16.7 Å². The molecule has 26 heavy (non-hydrogen) atoms. The van der Waals surface area contributed by atoms with Crippen LogP contribution < -0.4 is 21.5 Å². The van der Waals surface area contributed by atoms with Crippen molar-refractivity contribution < 1.29 is 13.2 Å². The van der Waals surface area contributed by atoms with E-state index in [9.17, 15) is 13.2 Å². The van der Waals surface area contributed by atoms with Crippen LogP contribution in [-0.2, 0) is 6.18 Å². The molecule has 0 unspecified atom stereocenters. The molecule has 4 nitrogen and oxygen atoms in total. The third kappa shape index (κ3) is 5.85. The number of hydrogen-bond acceptors (Lipinski definition) is 2. The summed E-state index contributed by atoms with van der Waals surface area (Å²) in [4.78, 5) is 0. The van der Waals surface area contributed by atoms with Gasteiger partial charge in [0.15, 0.2) is 10.2 Å². The first kappa shape index (κ1) is 19.9. The summed E-state index contributed by atoms with van der Waals surface area (Å²) >= 11 is 10.2. The number of benzene rings is 2. The first-order valence-electron chi connectivity index (χ1n) is 7.53. The van der Waals surface area contributed by atoms with E-state index in [1.165, 1.54) is 12.1 Å². The summed E-state index contributed by atoms with van der Waals surface area (Å²) < 4.78 is 38.1. The number of aryl methyl sites for hydroxylation is 2. The lowest BCUT2D eigenvalue weighted by Crippen LogP contribution is -2.45. The zero-order valence-electron chi connectivity index (χ0n) is 14.0. The number of nitrogens with one attached hydrogen (secondary N) is 4. The van der Waals surface area contributed by atoms with Gasteiger partial charge in [-0.2, -0.15) is 13.2 Å². The van der Waals surface area contributed by atoms with Crippen LogP contribution in [0.4, 0.5) is 24.5 Å². The summed E-state index contributed by atoms with van der Waals surface area (Å²) in [7, 11) is 0. The predicted octanol–water partition coefficient (Wildman–Crippen LogP) is 4.51. The van der Waals surface area contributed by atoms with E-state index in [0.717, 1.165) is 28.9 Å². The van der Waals surface area contributed by atoms with Crippen molar-refractivity contribution in [2.75, 3.05) is 10.6 Å². The second kappa shape index (κ2) is 8.33. The fourth-order valence-electron chi connectivity index (χ4n) is 2.16. The molecule has 2 aromatic carbocycles. The van der Waals surface area contributed by atoms with Crippen LogP contribution in [0.25, 0.3) is 0 Å². The Bertz CT molecular complexity index is 822. The molecule has 2 aromatic rings. The van der Waals surface area contributed by atoms with Crippen LogP contribution >= 0.6 is 24.4 Å². The first-order valence-corrected chi connectivity index (χ1v) is 8.35. The highest BCUT2D eigenvalue weighted by Gasteiger charge is 2.30. The molecule has 138 valence electrons. The Morgan fingerprint density at radius 2 is 1.54 bits per heavy atom. The average Bonchev–Trinajstić information content (AvgIpc) is 2.55. The topological polar surface area (TPSA) is 48.1 Å². The van der Waals surface area contributed by atoms with Crippen molar-refractivity contribution in [3.8, 4) is 0 Å². The van der Waals surface area contributed by atoms with Gasteiger partial charge in [0, 0.05) is 11.4 Å². The Morgan fingerprint density at radius 3 is 2.15 bits per heavy atom. The quantitative estimate of drug-likeness (QED) is 0.441. The van der Waals surface area contributed by atoms with Crippen molar-refractivity contribution in [2.45, 2.75) is 20.0 Å². The van der Waals surface area contributed by atoms with Gasteiger partial charge in [0.25, 0.3) is 0 Å². The van der Waals surface area contributed by atoms with E-state index in [4.69, 9.17) is 24.4 Å². The third-order valence-electron chi connectivity index (χ3n) is 3.37. The SMILES string of the molecule is Cc1ccc(NC(=S)NNC(=S)Nc2cccc(C(F)(F)F)c2)c(C)c1. The van der Waals surface area contributed by atoms with E-state index >= 15 is 0 Å². The molecule has 9 heteroatoms. The monoisotopic (exact) mass is 398 g/mol. The maximum absolute atomic E-state index is 12.7. The van der Waals surface area contributed by atoms with Gasteiger partial charge >= 0.3 is 6.18 Å². The van der Waals surface area contributed by atoms with Crippen molar-refractivity contribution in [1.29, 1.82) is 0 Å². The minimum Gasteiger partial charge on any atom is -0.331 e. The van der Waals surface area contributed by atoms with Crippen molar-refractivity contribution in [3.63, 3.8) is 0 Å². The zero-order valence-corrected chi connectivity index (χ0v) is 15.6. The highest BCUT2D eigenvalue weighted by molar-refractivity contribution is 7.81. The minimum absolute atomic E-state index is 0.0779. The van der Waals surface area contributed by atoms with E-state index in [1.807, 2.05) is 32.0 Å². The lowest BCUT2D eigenvalue weighted by molar-refractivity contribution is -0.137. The molecule has 0 bridgehead atoms. The Morgan fingerprint density at radius 1 is 0.885 bits per heavy atom. The van der Waals surface area contributed by atoms with Crippen LogP contribution in [-0.4, -0.2) is 10.2 Å². The lowest BCUT2D eigenvalue weighted by Gasteiger charge is -2.16. The van der Waals surface area contributed by atoms with E-state index in [1.54, 1.807) is 0 Å². The van der Waals surface area contributed by atoms with E-state index in [-0.39, 0.29) is 15.9 Å². The number of rotatable bonds is 2. The van der Waals surface area contributed by atoms with Crippen molar-refractivity contribution >= 4 is 46.0 Å². The van der Waals surface area contributed by atoms with Gasteiger partial charge in [0.05, 0.1) is 5.56 Å². The Hall–Kier alpha value is -2.39. The van der Waals surface area contributed by atoms with Gasteiger partial charge in [0.2, 0.25) is 0 Å². The number of alkyl halides is 3. The molecule has 0 aliphatic rings. The molecule has 0 fully saturated rings. The Balaban J connectivity index is 1.87. The molecule has 0 heterocycles. The standard InChI is InChI=1S/C17H17F3N4S2/c1-10-6-7-14(11(2)8-10)22-16(26)24-23-15(25)21-13-5-3-4-12(9-13)17(18,19)20/h3-9H,1-2H3,(H2,21,23,25)(H2,22,24,26). The molecule has 0 saturated heterocycles. The van der Waals surface area contributed by atoms with Gasteiger partial charge in [-0.3, -0.25) is 10.9 Å². The van der Waals surface area contributed by atoms with E-state index < -0.39 is 11.7 Å². The Labute approximate surface area is 160 Å². The maximum atomic E-state index is 12.7. The summed E-state index contributed by atoms with van der Waals surface area (Å²) in [6.45, 7) is 3.94. The van der Waals surface area contributed by atoms with Gasteiger partial charge in [-0.05, 0) is 68.1 Å². The Kier molecular flexibility index (Phi) is 6.38. The molecular formula is C17H17F3N4S2. The van der Waals surface area contributed by atoms with Gasteiger partial charge in [-0.1, -0.05) is 23.8 Å². The van der Waals surface area contributed by atoms with Crippen LogP contribution in [0.3, 0.4) is 0 Å². The maximum Gasteiger partial charge on any atom is 0.416 e. The fourth-order valence-corrected chi connectivity index (χ4v) is 2.49. The summed E-state index contributed by atoms with van der Waals surface area (Å²) in [5.41, 5.74) is 7.77. The number of thiocarbonyl (C=S) groups is 2. The highest BCUT2D eigenvalue weighted by Crippen LogP contribution is 2.30. The van der Waals surface area contributed by atoms with Gasteiger partial charge in [0.1, 0.15) is 0 Å². The molecule has 2 rings (SSSR count). The minimum atomic E-state index is -4.41. The second-order valence-electron chi connectivity index (χ2n) is 5.56. The fraction of sp³-hybridized carbons (Fsp3) is 0.176. The van der Waals surface area contributed by atoms with E-state index in [2.05, 4.69) is 21.5 Å². The lowest BCUT2D eigenvalue weighted by atomic mass is 10.1. The van der Waals surface area contributed by atoms with Gasteiger partial charge in [-0.15, -0.1) is 0 Å². The van der Waals surface area contributed by atoms with Gasteiger partial charge in [-0.25, -0.2) is 0 Å². The molecule has 0 spiro atoms. The summed E-state index contributed by atoms with van der Waals surface area (Å²) in [6.07, 6.45) is -4.41. The second-order valence-corrected chi connectivity index (χ2v) is 6.37. The zero-order chi connectivity index (χ0) is 19.3. The van der Waals surface area contributed by atoms with E-state index in [0.29, 0.717) is 0 Å². The molecule has 0 saturated carbocycles. The molecule has 0 aromatic heterocycles. The third-order valence-corrected chi connectivity index (χ3v) is 3.78. The number of hydrazine groups is 1. The number of hydrogen-bond donors (Lipinski definition) is 4. The molecule has 0 aliphatic carbocycles. The first-order chi connectivity index (χ1) is 12.1. The number of anilines is 2. The molecular weight excluding hydrogens is 381 g/mol. The molecule has 0 radical (unpaired) electrons. The predicted molar refractivity (Wildman–Crippen MR) is 106 cm³/mol. The van der Waals surface area contributed by atoms with Crippen LogP contribution in [0.15, 0.2) is 42.5 Å². The summed E-state index contributed by atoms with van der Waals surface area (Å²) in [6, 6.07) is 10.6. The van der Waals surface area contributed by atoms with Crippen LogP contribution in [0.5, 0.6) is 0 Å². The summed E-state index contributed by atoms with van der Waals surface area (Å²) in [5, 5.41) is 6.02. The van der Waals surface area contributed by atoms with Crippen molar-refractivity contribution in [2.24, 2.45) is 0 Å². The molecule has 0 atom stereocenters. The van der Waals surface area contributed by atoms with Crippen LogP contribution in [0, 0.1) is 13.8 Å². The average molecular weight is 398 g/mol. The molecule has 4 N–H and O–H groups in total. The van der Waals surface area contributed by atoms with Crippen LogP contribution in [0.2, 0.25) is 0 Å². The largest absolute Gasteiger partial charge is 0.416 e. The molecule has 0 aliphatic heterocycles. The number of halogens is 3. The smallest absolute Gasteiger partial charge is 0.331 e. The summed E-state index contributed by atoms with van der Waals surface area (Å²) in [5.74, 6) is 0. The molecule has 0 amide bonds. The van der Waals surface area contributed by atoms with Crippen molar-refractivity contribution in [3.05, 3.63) is 59.2 Å². The highest BCUT2D eigenvalue weighted by atomic mass is 32.1. The van der Waals surface area contributed by atoms with Crippen molar-refractivity contribution in [1.82, 2.24) is 10.9 Å². The van der Waals surface area contributed by atoms with Gasteiger partial charge < -0.3 is 10.6 Å².